The van der Waals surface area contributed by atoms with Crippen molar-refractivity contribution in [1.29, 1.82) is 0 Å². The van der Waals surface area contributed by atoms with E-state index in [0.717, 1.165) is 56.1 Å². The van der Waals surface area contributed by atoms with Crippen LogP contribution in [0, 0.1) is 0 Å². The van der Waals surface area contributed by atoms with Crippen molar-refractivity contribution in [3.8, 4) is 5.75 Å². The van der Waals surface area contributed by atoms with Gasteiger partial charge in [-0.05, 0) is 37.9 Å². The van der Waals surface area contributed by atoms with Crippen LogP contribution < -0.4 is 0 Å². The van der Waals surface area contributed by atoms with E-state index in [-0.39, 0.29) is 5.75 Å². The first-order chi connectivity index (χ1) is 12.3. The lowest BCUT2D eigenvalue weighted by atomic mass is 9.97. The van der Waals surface area contributed by atoms with Gasteiger partial charge in [0.2, 0.25) is 5.89 Å². The van der Waals surface area contributed by atoms with Crippen molar-refractivity contribution < 1.29 is 9.52 Å². The number of rotatable bonds is 3. The highest BCUT2D eigenvalue weighted by Gasteiger charge is 2.28. The van der Waals surface area contributed by atoms with Crippen LogP contribution >= 0.6 is 0 Å². The van der Waals surface area contributed by atoms with Crippen LogP contribution in [0.3, 0.4) is 0 Å². The summed E-state index contributed by atoms with van der Waals surface area (Å²) in [7, 11) is 0. The maximum absolute atomic E-state index is 9.56. The van der Waals surface area contributed by atoms with Gasteiger partial charge >= 0.3 is 0 Å². The highest BCUT2D eigenvalue weighted by molar-refractivity contribution is 5.74. The molecule has 1 fully saturated rings. The van der Waals surface area contributed by atoms with Crippen molar-refractivity contribution in [2.45, 2.75) is 44.7 Å². The average molecular weight is 339 g/mol. The van der Waals surface area contributed by atoms with E-state index in [0.29, 0.717) is 23.9 Å². The second-order valence-corrected chi connectivity index (χ2v) is 7.06. The van der Waals surface area contributed by atoms with E-state index in [1.807, 2.05) is 0 Å². The number of benzene rings is 1. The maximum atomic E-state index is 9.56. The number of piperidine rings is 1. The number of hydrogen-bond acceptors (Lipinski definition) is 6. The molecular weight excluding hydrogens is 318 g/mol. The minimum atomic E-state index is 0.203. The van der Waals surface area contributed by atoms with Gasteiger partial charge in [-0.3, -0.25) is 4.90 Å². The SMILES string of the molecule is Oc1ccc2nc(CN3CCC[C@H](c4nnc5n4CCC5)C3)oc2c1. The van der Waals surface area contributed by atoms with Gasteiger partial charge in [-0.1, -0.05) is 0 Å². The van der Waals surface area contributed by atoms with E-state index in [1.54, 1.807) is 18.2 Å². The van der Waals surface area contributed by atoms with Gasteiger partial charge in [0.15, 0.2) is 5.58 Å². The molecule has 0 saturated carbocycles. The molecule has 25 heavy (non-hydrogen) atoms. The number of fused-ring (bicyclic) bond motifs is 2. The van der Waals surface area contributed by atoms with Crippen molar-refractivity contribution in [2.75, 3.05) is 13.1 Å². The van der Waals surface area contributed by atoms with Gasteiger partial charge in [0, 0.05) is 31.5 Å². The molecule has 0 unspecified atom stereocenters. The Labute approximate surface area is 145 Å². The van der Waals surface area contributed by atoms with Crippen molar-refractivity contribution in [2.24, 2.45) is 0 Å². The van der Waals surface area contributed by atoms with Crippen molar-refractivity contribution in [3.63, 3.8) is 0 Å². The number of phenolic OH excluding ortho intramolecular Hbond substituents is 1. The molecule has 1 saturated heterocycles. The molecule has 4 heterocycles. The van der Waals surface area contributed by atoms with Crippen molar-refractivity contribution in [3.05, 3.63) is 35.7 Å². The van der Waals surface area contributed by atoms with Gasteiger partial charge < -0.3 is 14.1 Å². The molecule has 7 nitrogen and oxygen atoms in total. The molecule has 0 amide bonds. The topological polar surface area (TPSA) is 80.2 Å². The molecule has 2 aliphatic heterocycles. The first-order valence-corrected chi connectivity index (χ1v) is 8.99. The van der Waals surface area contributed by atoms with Gasteiger partial charge in [-0.15, -0.1) is 10.2 Å². The fraction of sp³-hybridized carbons (Fsp3) is 0.500. The Kier molecular flexibility index (Phi) is 3.48. The molecule has 1 aromatic carbocycles. The number of aromatic hydroxyl groups is 1. The summed E-state index contributed by atoms with van der Waals surface area (Å²) in [4.78, 5) is 6.93. The van der Waals surface area contributed by atoms with Crippen LogP contribution in [0.2, 0.25) is 0 Å². The second kappa shape index (κ2) is 5.84. The summed E-state index contributed by atoms with van der Waals surface area (Å²) >= 11 is 0. The number of phenols is 1. The Morgan fingerprint density at radius 1 is 1.20 bits per heavy atom. The molecule has 1 atom stereocenters. The molecule has 5 rings (SSSR count). The van der Waals surface area contributed by atoms with E-state index in [9.17, 15) is 5.11 Å². The standard InChI is InChI=1S/C18H21N5O2/c24-13-5-6-14-15(9-13)25-17(19-14)11-22-7-1-3-12(10-22)18-21-20-16-4-2-8-23(16)18/h5-6,9,12,24H,1-4,7-8,10-11H2/t12-/m0/s1. The average Bonchev–Trinajstić information content (AvgIpc) is 3.29. The molecule has 2 aromatic heterocycles. The number of aryl methyl sites for hydroxylation is 1. The minimum Gasteiger partial charge on any atom is -0.508 e. The molecule has 0 aliphatic carbocycles. The third-order valence-corrected chi connectivity index (χ3v) is 5.28. The zero-order valence-corrected chi connectivity index (χ0v) is 14.1. The summed E-state index contributed by atoms with van der Waals surface area (Å²) in [6.45, 7) is 3.75. The molecule has 2 aliphatic rings. The first kappa shape index (κ1) is 14.9. The van der Waals surface area contributed by atoms with Crippen LogP contribution in [0.5, 0.6) is 5.75 Å². The van der Waals surface area contributed by atoms with Gasteiger partial charge in [0.25, 0.3) is 0 Å². The largest absolute Gasteiger partial charge is 0.508 e. The minimum absolute atomic E-state index is 0.203. The Morgan fingerprint density at radius 3 is 3.12 bits per heavy atom. The zero-order valence-electron chi connectivity index (χ0n) is 14.1. The molecule has 0 radical (unpaired) electrons. The fourth-order valence-corrected chi connectivity index (χ4v) is 4.10. The van der Waals surface area contributed by atoms with Crippen LogP contribution in [0.4, 0.5) is 0 Å². The summed E-state index contributed by atoms with van der Waals surface area (Å²) < 4.78 is 8.12. The normalized spacial score (nSPS) is 21.0. The van der Waals surface area contributed by atoms with Gasteiger partial charge in [-0.25, -0.2) is 4.98 Å². The highest BCUT2D eigenvalue weighted by Crippen LogP contribution is 2.29. The Hall–Kier alpha value is -2.41. The summed E-state index contributed by atoms with van der Waals surface area (Å²) in [6, 6.07) is 5.04. The fourth-order valence-electron chi connectivity index (χ4n) is 4.10. The summed E-state index contributed by atoms with van der Waals surface area (Å²) in [6.07, 6.45) is 4.55. The number of likely N-dealkylation sites (tertiary alicyclic amines) is 1. The molecular formula is C18H21N5O2. The third-order valence-electron chi connectivity index (χ3n) is 5.28. The number of nitrogens with zero attached hydrogens (tertiary/aromatic N) is 5. The molecule has 0 spiro atoms. The first-order valence-electron chi connectivity index (χ1n) is 8.99. The van der Waals surface area contributed by atoms with Crippen LogP contribution in [-0.2, 0) is 19.5 Å². The summed E-state index contributed by atoms with van der Waals surface area (Å²) in [5.74, 6) is 3.63. The van der Waals surface area contributed by atoms with Crippen LogP contribution in [0.25, 0.3) is 11.1 Å². The van der Waals surface area contributed by atoms with E-state index < -0.39 is 0 Å². The number of oxazole rings is 1. The Morgan fingerprint density at radius 2 is 2.16 bits per heavy atom. The molecule has 7 heteroatoms. The second-order valence-electron chi connectivity index (χ2n) is 7.06. The van der Waals surface area contributed by atoms with Crippen molar-refractivity contribution in [1.82, 2.24) is 24.6 Å². The van der Waals surface area contributed by atoms with Crippen molar-refractivity contribution >= 4 is 11.1 Å². The highest BCUT2D eigenvalue weighted by atomic mass is 16.3. The van der Waals surface area contributed by atoms with E-state index in [2.05, 4.69) is 24.6 Å². The zero-order chi connectivity index (χ0) is 16.8. The predicted molar refractivity (Wildman–Crippen MR) is 91.3 cm³/mol. The maximum Gasteiger partial charge on any atom is 0.209 e. The van der Waals surface area contributed by atoms with Gasteiger partial charge in [-0.2, -0.15) is 0 Å². The Balaban J connectivity index is 1.33. The number of aromatic nitrogens is 4. The van der Waals surface area contributed by atoms with Crippen LogP contribution in [0.1, 0.15) is 42.7 Å². The predicted octanol–water partition coefficient (Wildman–Crippen LogP) is 2.45. The van der Waals surface area contributed by atoms with E-state index >= 15 is 0 Å². The van der Waals surface area contributed by atoms with E-state index in [1.165, 1.54) is 6.42 Å². The summed E-state index contributed by atoms with van der Waals surface area (Å²) in [5, 5.41) is 18.4. The quantitative estimate of drug-likeness (QED) is 0.789. The van der Waals surface area contributed by atoms with Gasteiger partial charge in [0.05, 0.1) is 6.54 Å². The molecule has 1 N–H and O–H groups in total. The van der Waals surface area contributed by atoms with Crippen LogP contribution in [0.15, 0.2) is 22.6 Å². The molecule has 130 valence electrons. The monoisotopic (exact) mass is 339 g/mol. The number of hydrogen-bond donors (Lipinski definition) is 1. The van der Waals surface area contributed by atoms with Gasteiger partial charge in [0.1, 0.15) is 22.9 Å². The smallest absolute Gasteiger partial charge is 0.209 e. The summed E-state index contributed by atoms with van der Waals surface area (Å²) in [5.41, 5.74) is 1.43. The molecule has 0 bridgehead atoms. The third kappa shape index (κ3) is 2.68. The lowest BCUT2D eigenvalue weighted by Gasteiger charge is -2.31. The lowest BCUT2D eigenvalue weighted by Crippen LogP contribution is -2.35. The Bertz CT molecular complexity index is 915. The van der Waals surface area contributed by atoms with E-state index in [4.69, 9.17) is 4.42 Å². The van der Waals surface area contributed by atoms with Crippen LogP contribution in [-0.4, -0.2) is 42.8 Å². The molecule has 3 aromatic rings. The lowest BCUT2D eigenvalue weighted by molar-refractivity contribution is 0.180.